The second kappa shape index (κ2) is 5.37. The molecule has 1 unspecified atom stereocenters. The van der Waals surface area contributed by atoms with Crippen LogP contribution in [-0.4, -0.2) is 12.8 Å². The molecule has 0 aliphatic rings. The number of nitrogens with one attached hydrogen (secondary N) is 1. The van der Waals surface area contributed by atoms with Crippen LogP contribution in [0.2, 0.25) is 0 Å². The van der Waals surface area contributed by atoms with Gasteiger partial charge in [-0.05, 0) is 32.2 Å². The van der Waals surface area contributed by atoms with Crippen LogP contribution in [0.1, 0.15) is 24.9 Å². The summed E-state index contributed by atoms with van der Waals surface area (Å²) in [6.45, 7) is 1.50. The van der Waals surface area contributed by atoms with E-state index in [1.807, 2.05) is 0 Å². The molecule has 1 aromatic carbocycles. The molecule has 2 nitrogen and oxygen atoms in total. The van der Waals surface area contributed by atoms with Gasteiger partial charge in [0.05, 0.1) is 0 Å². The van der Waals surface area contributed by atoms with Crippen LogP contribution in [0.3, 0.4) is 0 Å². The normalized spacial score (nSPS) is 12.5. The third kappa shape index (κ3) is 3.39. The first-order chi connectivity index (χ1) is 7.04. The zero-order valence-electron chi connectivity index (χ0n) is 8.68. The summed E-state index contributed by atoms with van der Waals surface area (Å²) in [6.07, 6.45) is 0.296. The Morgan fingerprint density at radius 3 is 2.80 bits per heavy atom. The molecule has 1 atom stereocenters. The van der Waals surface area contributed by atoms with Crippen LogP contribution < -0.4 is 5.32 Å². The molecular formula is C11H13BrFNO. The average molecular weight is 274 g/mol. The van der Waals surface area contributed by atoms with E-state index in [4.69, 9.17) is 0 Å². The highest BCUT2D eigenvalue weighted by molar-refractivity contribution is 9.10. The van der Waals surface area contributed by atoms with E-state index in [0.29, 0.717) is 12.0 Å². The van der Waals surface area contributed by atoms with Gasteiger partial charge >= 0.3 is 0 Å². The maximum atomic E-state index is 13.5. The zero-order valence-corrected chi connectivity index (χ0v) is 10.3. The lowest BCUT2D eigenvalue weighted by Crippen LogP contribution is -2.20. The molecule has 1 aromatic rings. The van der Waals surface area contributed by atoms with Gasteiger partial charge in [0.1, 0.15) is 11.6 Å². The molecule has 0 saturated heterocycles. The maximum Gasteiger partial charge on any atom is 0.131 e. The molecule has 0 aromatic heterocycles. The van der Waals surface area contributed by atoms with Gasteiger partial charge in [0.15, 0.2) is 0 Å². The highest BCUT2D eigenvalue weighted by atomic mass is 79.9. The van der Waals surface area contributed by atoms with Crippen molar-refractivity contribution in [2.75, 3.05) is 7.05 Å². The van der Waals surface area contributed by atoms with E-state index < -0.39 is 0 Å². The van der Waals surface area contributed by atoms with Crippen molar-refractivity contribution >= 4 is 21.7 Å². The second-order valence-electron chi connectivity index (χ2n) is 3.41. The lowest BCUT2D eigenvalue weighted by atomic mass is 10.0. The molecule has 0 aliphatic heterocycles. The SMILES string of the molecule is CNC(CC(C)=O)c1cc(Br)ccc1F. The summed E-state index contributed by atoms with van der Waals surface area (Å²) in [5, 5.41) is 2.94. The Labute approximate surface area is 97.0 Å². The third-order valence-corrected chi connectivity index (χ3v) is 2.67. The van der Waals surface area contributed by atoms with Crippen molar-refractivity contribution < 1.29 is 9.18 Å². The minimum absolute atomic E-state index is 0.0359. The van der Waals surface area contributed by atoms with Crippen LogP contribution in [0, 0.1) is 5.82 Å². The van der Waals surface area contributed by atoms with E-state index in [1.165, 1.54) is 13.0 Å². The van der Waals surface area contributed by atoms with E-state index in [1.54, 1.807) is 19.2 Å². The lowest BCUT2D eigenvalue weighted by molar-refractivity contribution is -0.117. The van der Waals surface area contributed by atoms with Crippen molar-refractivity contribution in [3.8, 4) is 0 Å². The molecule has 0 bridgehead atoms. The van der Waals surface area contributed by atoms with Crippen LogP contribution in [0.4, 0.5) is 4.39 Å². The Kier molecular flexibility index (Phi) is 4.42. The van der Waals surface area contributed by atoms with Gasteiger partial charge < -0.3 is 5.32 Å². The van der Waals surface area contributed by atoms with Gasteiger partial charge in [-0.25, -0.2) is 4.39 Å². The number of carbonyl (C=O) groups excluding carboxylic acids is 1. The smallest absolute Gasteiger partial charge is 0.131 e. The van der Waals surface area contributed by atoms with Crippen molar-refractivity contribution in [1.82, 2.24) is 5.32 Å². The van der Waals surface area contributed by atoms with Gasteiger partial charge in [-0.2, -0.15) is 0 Å². The van der Waals surface area contributed by atoms with Gasteiger partial charge in [-0.3, -0.25) is 4.79 Å². The number of ketones is 1. The van der Waals surface area contributed by atoms with Crippen LogP contribution in [0.5, 0.6) is 0 Å². The summed E-state index contributed by atoms with van der Waals surface area (Å²) >= 11 is 3.28. The Bertz CT molecular complexity index is 368. The predicted molar refractivity (Wildman–Crippen MR) is 61.2 cm³/mol. The van der Waals surface area contributed by atoms with E-state index in [-0.39, 0.29) is 17.6 Å². The molecular weight excluding hydrogens is 261 g/mol. The number of rotatable bonds is 4. The molecule has 0 spiro atoms. The first-order valence-corrected chi connectivity index (χ1v) is 5.45. The minimum atomic E-state index is -0.293. The molecule has 1 rings (SSSR count). The largest absolute Gasteiger partial charge is 0.313 e. The first kappa shape index (κ1) is 12.3. The fourth-order valence-corrected chi connectivity index (χ4v) is 1.82. The maximum absolute atomic E-state index is 13.5. The number of halogens is 2. The zero-order chi connectivity index (χ0) is 11.4. The average Bonchev–Trinajstić information content (AvgIpc) is 2.18. The Morgan fingerprint density at radius 1 is 1.60 bits per heavy atom. The Morgan fingerprint density at radius 2 is 2.27 bits per heavy atom. The van der Waals surface area contributed by atoms with Gasteiger partial charge in [0.2, 0.25) is 0 Å². The monoisotopic (exact) mass is 273 g/mol. The van der Waals surface area contributed by atoms with Gasteiger partial charge in [-0.15, -0.1) is 0 Å². The highest BCUT2D eigenvalue weighted by Crippen LogP contribution is 2.23. The van der Waals surface area contributed by atoms with E-state index in [9.17, 15) is 9.18 Å². The number of benzene rings is 1. The number of carbonyl (C=O) groups is 1. The minimum Gasteiger partial charge on any atom is -0.313 e. The van der Waals surface area contributed by atoms with E-state index in [2.05, 4.69) is 21.2 Å². The van der Waals surface area contributed by atoms with Gasteiger partial charge in [-0.1, -0.05) is 15.9 Å². The van der Waals surface area contributed by atoms with Crippen molar-refractivity contribution in [2.45, 2.75) is 19.4 Å². The molecule has 0 fully saturated rings. The lowest BCUT2D eigenvalue weighted by Gasteiger charge is -2.16. The predicted octanol–water partition coefficient (Wildman–Crippen LogP) is 2.83. The molecule has 4 heteroatoms. The molecule has 82 valence electrons. The van der Waals surface area contributed by atoms with E-state index >= 15 is 0 Å². The summed E-state index contributed by atoms with van der Waals surface area (Å²) in [5.74, 6) is -0.257. The number of Topliss-reactive ketones (excluding diaryl/α,β-unsaturated/α-hetero) is 1. The van der Waals surface area contributed by atoms with Crippen LogP contribution in [0.15, 0.2) is 22.7 Å². The molecule has 0 amide bonds. The second-order valence-corrected chi connectivity index (χ2v) is 4.33. The summed E-state index contributed by atoms with van der Waals surface area (Å²) in [5.41, 5.74) is 0.516. The molecule has 0 saturated carbocycles. The summed E-state index contributed by atoms with van der Waals surface area (Å²) in [7, 11) is 1.72. The van der Waals surface area contributed by atoms with Gasteiger partial charge in [0, 0.05) is 22.5 Å². The van der Waals surface area contributed by atoms with Crippen LogP contribution >= 0.6 is 15.9 Å². The highest BCUT2D eigenvalue weighted by Gasteiger charge is 2.15. The van der Waals surface area contributed by atoms with Crippen molar-refractivity contribution in [2.24, 2.45) is 0 Å². The van der Waals surface area contributed by atoms with Crippen LogP contribution in [0.25, 0.3) is 0 Å². The summed E-state index contributed by atoms with van der Waals surface area (Å²) in [6, 6.07) is 4.46. The molecule has 0 aliphatic carbocycles. The molecule has 0 heterocycles. The Balaban J connectivity index is 3.00. The summed E-state index contributed by atoms with van der Waals surface area (Å²) in [4.78, 5) is 11.0. The van der Waals surface area contributed by atoms with E-state index in [0.717, 1.165) is 4.47 Å². The molecule has 0 radical (unpaired) electrons. The van der Waals surface area contributed by atoms with Crippen molar-refractivity contribution in [3.63, 3.8) is 0 Å². The fraction of sp³-hybridized carbons (Fsp3) is 0.364. The standard InChI is InChI=1S/C11H13BrFNO/c1-7(15)5-11(14-2)9-6-8(12)3-4-10(9)13/h3-4,6,11,14H,5H2,1-2H3. The number of hydrogen-bond acceptors (Lipinski definition) is 2. The molecule has 1 N–H and O–H groups in total. The fourth-order valence-electron chi connectivity index (χ4n) is 1.44. The quantitative estimate of drug-likeness (QED) is 0.914. The third-order valence-electron chi connectivity index (χ3n) is 2.17. The molecule has 15 heavy (non-hydrogen) atoms. The van der Waals surface area contributed by atoms with Gasteiger partial charge in [0.25, 0.3) is 0 Å². The van der Waals surface area contributed by atoms with Crippen LogP contribution in [-0.2, 0) is 4.79 Å². The topological polar surface area (TPSA) is 29.1 Å². The van der Waals surface area contributed by atoms with Crippen molar-refractivity contribution in [3.05, 3.63) is 34.1 Å². The first-order valence-electron chi connectivity index (χ1n) is 4.66. The Hall–Kier alpha value is -0.740. The number of hydrogen-bond donors (Lipinski definition) is 1. The summed E-state index contributed by atoms with van der Waals surface area (Å²) < 4.78 is 14.3. The van der Waals surface area contributed by atoms with Crippen molar-refractivity contribution in [1.29, 1.82) is 0 Å².